The highest BCUT2D eigenvalue weighted by Gasteiger charge is 1.91. The molecule has 5 heteroatoms. The van der Waals surface area contributed by atoms with Gasteiger partial charge in [0.25, 0.3) is 0 Å². The van der Waals surface area contributed by atoms with Crippen molar-refractivity contribution in [1.82, 2.24) is 4.90 Å². The Labute approximate surface area is 54.6 Å². The van der Waals surface area contributed by atoms with E-state index in [-0.39, 0.29) is 6.16 Å². The quantitative estimate of drug-likeness (QED) is 0.458. The largest absolute Gasteiger partial charge is 0.811 e. The van der Waals surface area contributed by atoms with Crippen molar-refractivity contribution >= 4 is 7.60 Å². The van der Waals surface area contributed by atoms with E-state index in [1.54, 1.807) is 19.0 Å². The molecule has 4 nitrogen and oxygen atoms in total. The first-order chi connectivity index (χ1) is 3.92. The van der Waals surface area contributed by atoms with Crippen molar-refractivity contribution in [2.24, 2.45) is 0 Å². The number of rotatable bonds is 3. The molecule has 0 N–H and O–H groups in total. The summed E-state index contributed by atoms with van der Waals surface area (Å²) in [7, 11) is -0.825. The molecular weight excluding hydrogens is 141 g/mol. The Morgan fingerprint density at radius 3 is 2.00 bits per heavy atom. The maximum Gasteiger partial charge on any atom is 0.00213 e. The van der Waals surface area contributed by atoms with Gasteiger partial charge in [0.1, 0.15) is 0 Å². The Balaban J connectivity index is 3.40. The zero-order valence-electron chi connectivity index (χ0n) is 5.53. The van der Waals surface area contributed by atoms with Gasteiger partial charge >= 0.3 is 0 Å². The van der Waals surface area contributed by atoms with Crippen molar-refractivity contribution in [3.05, 3.63) is 0 Å². The summed E-state index contributed by atoms with van der Waals surface area (Å²) in [4.78, 5) is 21.6. The van der Waals surface area contributed by atoms with E-state index in [1.165, 1.54) is 0 Å². The SMILES string of the molecule is CN(C)CCP(=O)([O-])[O-]. The zero-order valence-corrected chi connectivity index (χ0v) is 6.43. The number of hydrogen-bond donors (Lipinski definition) is 0. The molecule has 0 bridgehead atoms. The molecule has 0 unspecified atom stereocenters. The number of hydrogen-bond acceptors (Lipinski definition) is 4. The highest BCUT2D eigenvalue weighted by molar-refractivity contribution is 7.48. The van der Waals surface area contributed by atoms with Gasteiger partial charge in [-0.25, -0.2) is 0 Å². The Hall–Kier alpha value is 0.110. The van der Waals surface area contributed by atoms with Crippen molar-refractivity contribution in [1.29, 1.82) is 0 Å². The smallest absolute Gasteiger partial charge is 0.00213 e. The Bertz CT molecular complexity index is 119. The molecule has 0 radical (unpaired) electrons. The van der Waals surface area contributed by atoms with Gasteiger partial charge in [0.2, 0.25) is 0 Å². The van der Waals surface area contributed by atoms with Crippen LogP contribution >= 0.6 is 7.60 Å². The maximum atomic E-state index is 9.98. The predicted molar refractivity (Wildman–Crippen MR) is 31.0 cm³/mol. The van der Waals surface area contributed by atoms with Crippen molar-refractivity contribution in [2.45, 2.75) is 0 Å². The molecule has 56 valence electrons. The number of nitrogens with zero attached hydrogens (tertiary/aromatic N) is 1. The van der Waals surface area contributed by atoms with Crippen molar-refractivity contribution in [2.75, 3.05) is 26.8 Å². The monoisotopic (exact) mass is 151 g/mol. The first-order valence-electron chi connectivity index (χ1n) is 2.57. The molecule has 0 heterocycles. The second kappa shape index (κ2) is 3.32. The van der Waals surface area contributed by atoms with Crippen molar-refractivity contribution in [3.8, 4) is 0 Å². The summed E-state index contributed by atoms with van der Waals surface area (Å²) in [6.45, 7) is 0.310. The van der Waals surface area contributed by atoms with Gasteiger partial charge in [0, 0.05) is 6.54 Å². The average Bonchev–Trinajstić information content (AvgIpc) is 1.59. The summed E-state index contributed by atoms with van der Waals surface area (Å²) in [5, 5.41) is 0. The second-order valence-electron chi connectivity index (χ2n) is 2.14. The van der Waals surface area contributed by atoms with E-state index in [0.717, 1.165) is 0 Å². The summed E-state index contributed by atoms with van der Waals surface area (Å²) in [5.41, 5.74) is 0. The molecule has 0 amide bonds. The Morgan fingerprint density at radius 1 is 1.44 bits per heavy atom. The van der Waals surface area contributed by atoms with E-state index in [9.17, 15) is 14.4 Å². The van der Waals surface area contributed by atoms with Crippen LogP contribution in [0.3, 0.4) is 0 Å². The summed E-state index contributed by atoms with van der Waals surface area (Å²) < 4.78 is 9.98. The molecule has 0 aliphatic heterocycles. The second-order valence-corrected chi connectivity index (χ2v) is 3.81. The van der Waals surface area contributed by atoms with Crippen LogP contribution in [-0.4, -0.2) is 31.7 Å². The Kier molecular flexibility index (Phi) is 3.36. The standard InChI is InChI=1S/C4H12NO3P/c1-5(2)3-4-9(6,7)8/h3-4H2,1-2H3,(H2,6,7,8)/p-2. The lowest BCUT2D eigenvalue weighted by atomic mass is 10.7. The molecule has 0 aliphatic carbocycles. The topological polar surface area (TPSA) is 66.4 Å². The minimum absolute atomic E-state index is 0.278. The minimum Gasteiger partial charge on any atom is -0.811 e. The van der Waals surface area contributed by atoms with Gasteiger partial charge in [0.15, 0.2) is 0 Å². The molecule has 0 saturated carbocycles. The summed E-state index contributed by atoms with van der Waals surface area (Å²) in [6.07, 6.45) is -0.278. The van der Waals surface area contributed by atoms with Crippen LogP contribution in [0, 0.1) is 0 Å². The van der Waals surface area contributed by atoms with E-state index >= 15 is 0 Å². The van der Waals surface area contributed by atoms with Crippen LogP contribution in [0.1, 0.15) is 0 Å². The molecule has 9 heavy (non-hydrogen) atoms. The molecule has 0 fully saturated rings. The summed E-state index contributed by atoms with van der Waals surface area (Å²) >= 11 is 0. The van der Waals surface area contributed by atoms with E-state index in [1.807, 2.05) is 0 Å². The van der Waals surface area contributed by atoms with Crippen LogP contribution in [0.4, 0.5) is 0 Å². The van der Waals surface area contributed by atoms with E-state index in [0.29, 0.717) is 6.54 Å². The molecule has 0 saturated heterocycles. The highest BCUT2D eigenvalue weighted by Crippen LogP contribution is 2.21. The molecule has 0 atom stereocenters. The maximum absolute atomic E-state index is 9.98. The lowest BCUT2D eigenvalue weighted by molar-refractivity contribution is -0.313. The van der Waals surface area contributed by atoms with Crippen LogP contribution in [0.15, 0.2) is 0 Å². The third-order valence-corrected chi connectivity index (χ3v) is 1.57. The molecule has 0 aromatic rings. The van der Waals surface area contributed by atoms with Crippen molar-refractivity contribution < 1.29 is 14.4 Å². The average molecular weight is 151 g/mol. The van der Waals surface area contributed by atoms with Gasteiger partial charge in [-0.1, -0.05) is 7.60 Å². The first-order valence-corrected chi connectivity index (χ1v) is 4.30. The Morgan fingerprint density at radius 2 is 1.89 bits per heavy atom. The van der Waals surface area contributed by atoms with Gasteiger partial charge in [-0.05, 0) is 20.3 Å². The molecule has 0 aromatic heterocycles. The summed E-state index contributed by atoms with van der Waals surface area (Å²) in [5.74, 6) is 0. The third-order valence-electron chi connectivity index (χ3n) is 0.821. The molecule has 0 spiro atoms. The fourth-order valence-corrected chi connectivity index (χ4v) is 0.967. The van der Waals surface area contributed by atoms with E-state index in [4.69, 9.17) is 0 Å². The normalized spacial score (nSPS) is 12.6. The van der Waals surface area contributed by atoms with Gasteiger partial charge in [-0.2, -0.15) is 0 Å². The van der Waals surface area contributed by atoms with Crippen LogP contribution in [0.2, 0.25) is 0 Å². The predicted octanol–water partition coefficient (Wildman–Crippen LogP) is -1.54. The van der Waals surface area contributed by atoms with E-state index < -0.39 is 7.60 Å². The third kappa shape index (κ3) is 8.11. The van der Waals surface area contributed by atoms with Crippen molar-refractivity contribution in [3.63, 3.8) is 0 Å². The lowest BCUT2D eigenvalue weighted by Crippen LogP contribution is -2.24. The van der Waals surface area contributed by atoms with Crippen LogP contribution in [0.5, 0.6) is 0 Å². The van der Waals surface area contributed by atoms with Crippen LogP contribution in [-0.2, 0) is 4.57 Å². The van der Waals surface area contributed by atoms with Gasteiger partial charge < -0.3 is 19.3 Å². The minimum atomic E-state index is -4.26. The fourth-order valence-electron chi connectivity index (χ4n) is 0.322. The first kappa shape index (κ1) is 9.11. The fraction of sp³-hybridized carbons (Fsp3) is 1.00. The zero-order chi connectivity index (χ0) is 7.49. The van der Waals surface area contributed by atoms with Crippen LogP contribution < -0.4 is 9.79 Å². The van der Waals surface area contributed by atoms with Gasteiger partial charge in [0.05, 0.1) is 0 Å². The van der Waals surface area contributed by atoms with E-state index in [2.05, 4.69) is 0 Å². The molecule has 0 aliphatic rings. The molecular formula is C4H10NO3P-2. The molecule has 0 aromatic carbocycles. The van der Waals surface area contributed by atoms with Gasteiger partial charge in [-0.15, -0.1) is 0 Å². The van der Waals surface area contributed by atoms with Gasteiger partial charge in [-0.3, -0.25) is 0 Å². The van der Waals surface area contributed by atoms with Crippen LogP contribution in [0.25, 0.3) is 0 Å². The summed E-state index contributed by atoms with van der Waals surface area (Å²) in [6, 6.07) is 0. The highest BCUT2D eigenvalue weighted by atomic mass is 31.2. The lowest BCUT2D eigenvalue weighted by Gasteiger charge is -2.30. The molecule has 0 rings (SSSR count).